The second-order valence-corrected chi connectivity index (χ2v) is 4.03. The van der Waals surface area contributed by atoms with Crippen LogP contribution in [0.1, 0.15) is 32.6 Å². The summed E-state index contributed by atoms with van der Waals surface area (Å²) < 4.78 is 4.63. The van der Waals surface area contributed by atoms with Crippen molar-refractivity contribution < 1.29 is 14.6 Å². The third-order valence-electron chi connectivity index (χ3n) is 2.94. The van der Waals surface area contributed by atoms with Gasteiger partial charge in [-0.3, -0.25) is 10.1 Å². The van der Waals surface area contributed by atoms with Crippen LogP contribution in [-0.4, -0.2) is 36.4 Å². The predicted molar refractivity (Wildman–Crippen MR) is 52.9 cm³/mol. The van der Waals surface area contributed by atoms with Gasteiger partial charge in [0.25, 0.3) is 0 Å². The van der Waals surface area contributed by atoms with Gasteiger partial charge in [0, 0.05) is 5.54 Å². The fourth-order valence-electron chi connectivity index (χ4n) is 2.09. The van der Waals surface area contributed by atoms with Gasteiger partial charge in [-0.2, -0.15) is 0 Å². The predicted octanol–water partition coefficient (Wildman–Crippen LogP) is 0.443. The SMILES string of the molecule is COC(=O)C(C)NC1(CO)CCCC1. The van der Waals surface area contributed by atoms with Gasteiger partial charge < -0.3 is 9.84 Å². The average molecular weight is 201 g/mol. The van der Waals surface area contributed by atoms with Gasteiger partial charge in [-0.05, 0) is 19.8 Å². The zero-order valence-corrected chi connectivity index (χ0v) is 8.88. The molecule has 0 spiro atoms. The van der Waals surface area contributed by atoms with Crippen LogP contribution in [0.25, 0.3) is 0 Å². The van der Waals surface area contributed by atoms with E-state index >= 15 is 0 Å². The molecule has 4 heteroatoms. The number of carbonyl (C=O) groups excluding carboxylic acids is 1. The number of hydrogen-bond acceptors (Lipinski definition) is 4. The average Bonchev–Trinajstić information content (AvgIpc) is 2.65. The zero-order valence-electron chi connectivity index (χ0n) is 8.88. The van der Waals surface area contributed by atoms with Crippen molar-refractivity contribution in [1.29, 1.82) is 0 Å². The van der Waals surface area contributed by atoms with Crippen molar-refractivity contribution in [2.75, 3.05) is 13.7 Å². The Bertz CT molecular complexity index is 200. The van der Waals surface area contributed by atoms with Gasteiger partial charge in [0.1, 0.15) is 6.04 Å². The lowest BCUT2D eigenvalue weighted by molar-refractivity contribution is -0.143. The number of rotatable bonds is 4. The number of ether oxygens (including phenoxy) is 1. The van der Waals surface area contributed by atoms with Crippen molar-refractivity contribution in [2.24, 2.45) is 0 Å². The zero-order chi connectivity index (χ0) is 10.6. The van der Waals surface area contributed by atoms with E-state index in [9.17, 15) is 9.90 Å². The maximum atomic E-state index is 11.2. The second kappa shape index (κ2) is 4.75. The van der Waals surface area contributed by atoms with E-state index in [0.717, 1.165) is 25.7 Å². The van der Waals surface area contributed by atoms with Gasteiger partial charge in [0.15, 0.2) is 0 Å². The molecule has 1 aliphatic rings. The molecule has 0 heterocycles. The number of aliphatic hydroxyl groups is 1. The Labute approximate surface area is 84.6 Å². The minimum atomic E-state index is -0.342. The van der Waals surface area contributed by atoms with Gasteiger partial charge in [0.2, 0.25) is 0 Å². The molecule has 0 aromatic heterocycles. The molecule has 0 aromatic carbocycles. The lowest BCUT2D eigenvalue weighted by atomic mass is 9.98. The van der Waals surface area contributed by atoms with E-state index in [1.54, 1.807) is 6.92 Å². The first-order chi connectivity index (χ1) is 6.63. The fraction of sp³-hybridized carbons (Fsp3) is 0.900. The summed E-state index contributed by atoms with van der Waals surface area (Å²) in [6.07, 6.45) is 4.10. The molecule has 1 atom stereocenters. The third kappa shape index (κ3) is 2.45. The minimum absolute atomic E-state index is 0.0916. The quantitative estimate of drug-likeness (QED) is 0.648. The van der Waals surface area contributed by atoms with Crippen molar-refractivity contribution in [1.82, 2.24) is 5.32 Å². The molecular weight excluding hydrogens is 182 g/mol. The Morgan fingerprint density at radius 2 is 2.14 bits per heavy atom. The van der Waals surface area contributed by atoms with Gasteiger partial charge in [-0.15, -0.1) is 0 Å². The Hall–Kier alpha value is -0.610. The smallest absolute Gasteiger partial charge is 0.322 e. The van der Waals surface area contributed by atoms with Crippen LogP contribution in [-0.2, 0) is 9.53 Å². The summed E-state index contributed by atoms with van der Waals surface area (Å²) >= 11 is 0. The molecule has 2 N–H and O–H groups in total. The van der Waals surface area contributed by atoms with Crippen LogP contribution in [0, 0.1) is 0 Å². The highest BCUT2D eigenvalue weighted by molar-refractivity contribution is 5.75. The molecule has 14 heavy (non-hydrogen) atoms. The summed E-state index contributed by atoms with van der Waals surface area (Å²) in [5, 5.41) is 12.5. The summed E-state index contributed by atoms with van der Waals surface area (Å²) in [5.74, 6) is -0.273. The molecule has 0 aromatic rings. The molecule has 1 saturated carbocycles. The minimum Gasteiger partial charge on any atom is -0.468 e. The van der Waals surface area contributed by atoms with Crippen LogP contribution < -0.4 is 5.32 Å². The monoisotopic (exact) mass is 201 g/mol. The third-order valence-corrected chi connectivity index (χ3v) is 2.94. The Morgan fingerprint density at radius 1 is 1.57 bits per heavy atom. The molecule has 0 amide bonds. The first-order valence-corrected chi connectivity index (χ1v) is 5.10. The standard InChI is InChI=1S/C10H19NO3/c1-8(9(13)14-2)11-10(7-12)5-3-4-6-10/h8,11-12H,3-7H2,1-2H3. The second-order valence-electron chi connectivity index (χ2n) is 4.03. The van der Waals surface area contributed by atoms with Crippen molar-refractivity contribution in [3.63, 3.8) is 0 Å². The van der Waals surface area contributed by atoms with Gasteiger partial charge in [0.05, 0.1) is 13.7 Å². The summed E-state index contributed by atoms with van der Waals surface area (Å²) in [6.45, 7) is 1.86. The Morgan fingerprint density at radius 3 is 2.57 bits per heavy atom. The van der Waals surface area contributed by atoms with E-state index in [-0.39, 0.29) is 24.2 Å². The lowest BCUT2D eigenvalue weighted by Gasteiger charge is -2.30. The molecular formula is C10H19NO3. The molecule has 0 radical (unpaired) electrons. The first-order valence-electron chi connectivity index (χ1n) is 5.10. The van der Waals surface area contributed by atoms with E-state index in [2.05, 4.69) is 10.1 Å². The normalized spacial score (nSPS) is 21.9. The Kier molecular flexibility index (Phi) is 3.89. The number of esters is 1. The molecule has 82 valence electrons. The van der Waals surface area contributed by atoms with E-state index in [1.807, 2.05) is 0 Å². The summed E-state index contributed by atoms with van der Waals surface area (Å²) in [5.41, 5.74) is -0.256. The molecule has 4 nitrogen and oxygen atoms in total. The van der Waals surface area contributed by atoms with Gasteiger partial charge in [-0.1, -0.05) is 12.8 Å². The Balaban J connectivity index is 2.51. The largest absolute Gasteiger partial charge is 0.468 e. The number of hydrogen-bond donors (Lipinski definition) is 2. The van der Waals surface area contributed by atoms with Crippen LogP contribution in [0.2, 0.25) is 0 Å². The maximum Gasteiger partial charge on any atom is 0.322 e. The van der Waals surface area contributed by atoms with Gasteiger partial charge in [-0.25, -0.2) is 0 Å². The van der Waals surface area contributed by atoms with Crippen molar-refractivity contribution in [2.45, 2.75) is 44.2 Å². The topological polar surface area (TPSA) is 58.6 Å². The first kappa shape index (κ1) is 11.5. The van der Waals surface area contributed by atoms with Crippen molar-refractivity contribution >= 4 is 5.97 Å². The molecule has 1 fully saturated rings. The number of methoxy groups -OCH3 is 1. The molecule has 0 bridgehead atoms. The van der Waals surface area contributed by atoms with E-state index in [0.29, 0.717) is 0 Å². The molecule has 1 aliphatic carbocycles. The van der Waals surface area contributed by atoms with Crippen LogP contribution in [0.4, 0.5) is 0 Å². The lowest BCUT2D eigenvalue weighted by Crippen LogP contribution is -2.53. The van der Waals surface area contributed by atoms with E-state index in [4.69, 9.17) is 0 Å². The molecule has 0 saturated heterocycles. The van der Waals surface area contributed by atoms with Crippen LogP contribution in [0.3, 0.4) is 0 Å². The molecule has 0 aliphatic heterocycles. The van der Waals surface area contributed by atoms with Gasteiger partial charge >= 0.3 is 5.97 Å². The number of nitrogens with one attached hydrogen (secondary N) is 1. The van der Waals surface area contributed by atoms with E-state index < -0.39 is 0 Å². The molecule has 1 rings (SSSR count). The van der Waals surface area contributed by atoms with Crippen molar-refractivity contribution in [3.8, 4) is 0 Å². The highest BCUT2D eigenvalue weighted by Gasteiger charge is 2.35. The summed E-state index contributed by atoms with van der Waals surface area (Å²) in [4.78, 5) is 11.2. The highest BCUT2D eigenvalue weighted by atomic mass is 16.5. The summed E-state index contributed by atoms with van der Waals surface area (Å²) in [6, 6.07) is -0.342. The highest BCUT2D eigenvalue weighted by Crippen LogP contribution is 2.29. The number of aliphatic hydroxyl groups excluding tert-OH is 1. The van der Waals surface area contributed by atoms with E-state index in [1.165, 1.54) is 7.11 Å². The fourth-order valence-corrected chi connectivity index (χ4v) is 2.09. The maximum absolute atomic E-state index is 11.2. The molecule has 1 unspecified atom stereocenters. The van der Waals surface area contributed by atoms with Crippen LogP contribution >= 0.6 is 0 Å². The van der Waals surface area contributed by atoms with Crippen LogP contribution in [0.5, 0.6) is 0 Å². The summed E-state index contributed by atoms with van der Waals surface area (Å²) in [7, 11) is 1.38. The van der Waals surface area contributed by atoms with Crippen LogP contribution in [0.15, 0.2) is 0 Å². The number of carbonyl (C=O) groups is 1. The van der Waals surface area contributed by atoms with Crippen molar-refractivity contribution in [3.05, 3.63) is 0 Å².